The predicted molar refractivity (Wildman–Crippen MR) is 115 cm³/mol. The Labute approximate surface area is 174 Å². The van der Waals surface area contributed by atoms with E-state index in [2.05, 4.69) is 0 Å². The third kappa shape index (κ3) is 4.58. The molecule has 29 heavy (non-hydrogen) atoms. The molecule has 1 saturated heterocycles. The lowest BCUT2D eigenvalue weighted by atomic mass is 10.1. The molecule has 0 saturated carbocycles. The quantitative estimate of drug-likeness (QED) is 0.674. The highest BCUT2D eigenvalue weighted by molar-refractivity contribution is 7.22. The highest BCUT2D eigenvalue weighted by Gasteiger charge is 2.24. The normalized spacial score (nSPS) is 14.8. The van der Waals surface area contributed by atoms with Crippen molar-refractivity contribution < 1.29 is 19.2 Å². The van der Waals surface area contributed by atoms with Gasteiger partial charge in [0, 0.05) is 11.6 Å². The zero-order valence-corrected chi connectivity index (χ0v) is 17.6. The number of nitrogens with zero attached hydrogens (tertiary/aromatic N) is 2. The van der Waals surface area contributed by atoms with E-state index < -0.39 is 0 Å². The monoisotopic (exact) mass is 412 g/mol. The van der Waals surface area contributed by atoms with E-state index in [1.54, 1.807) is 18.4 Å². The summed E-state index contributed by atoms with van der Waals surface area (Å²) >= 11 is 1.54. The number of aryl methyl sites for hydroxylation is 1. The summed E-state index contributed by atoms with van der Waals surface area (Å²) in [5.41, 5.74) is 2.62. The summed E-state index contributed by atoms with van der Waals surface area (Å²) in [7, 11) is 1.65. The lowest BCUT2D eigenvalue weighted by Crippen LogP contribution is -3.14. The minimum atomic E-state index is -0.00706. The molecule has 0 radical (unpaired) electrons. The maximum Gasteiger partial charge on any atom is 0.260 e. The zero-order valence-electron chi connectivity index (χ0n) is 16.8. The van der Waals surface area contributed by atoms with Crippen LogP contribution in [0.3, 0.4) is 0 Å². The Bertz CT molecular complexity index is 998. The molecule has 152 valence electrons. The van der Waals surface area contributed by atoms with Crippen molar-refractivity contribution in [2.75, 3.05) is 51.4 Å². The number of carbonyl (C=O) groups excluding carboxylic acids is 1. The number of amides is 1. The van der Waals surface area contributed by atoms with Crippen LogP contribution in [0.2, 0.25) is 0 Å². The van der Waals surface area contributed by atoms with Crippen molar-refractivity contribution in [3.05, 3.63) is 53.6 Å². The van der Waals surface area contributed by atoms with E-state index in [4.69, 9.17) is 14.5 Å². The van der Waals surface area contributed by atoms with Gasteiger partial charge in [-0.15, -0.1) is 0 Å². The Morgan fingerprint density at radius 2 is 2.07 bits per heavy atom. The molecule has 1 aliphatic rings. The molecule has 0 spiro atoms. The third-order valence-corrected chi connectivity index (χ3v) is 6.27. The first kappa shape index (κ1) is 19.8. The van der Waals surface area contributed by atoms with Crippen LogP contribution in [0.4, 0.5) is 5.13 Å². The van der Waals surface area contributed by atoms with E-state index in [0.717, 1.165) is 59.5 Å². The molecule has 1 N–H and O–H groups in total. The maximum atomic E-state index is 13.4. The van der Waals surface area contributed by atoms with Gasteiger partial charge in [-0.25, -0.2) is 4.98 Å². The minimum absolute atomic E-state index is 0.00706. The molecule has 2 heterocycles. The van der Waals surface area contributed by atoms with Crippen LogP contribution >= 0.6 is 11.3 Å². The summed E-state index contributed by atoms with van der Waals surface area (Å²) in [5.74, 6) is 0.760. The van der Waals surface area contributed by atoms with Gasteiger partial charge in [-0.1, -0.05) is 29.0 Å². The molecule has 1 aromatic heterocycles. The number of hydrogen-bond acceptors (Lipinski definition) is 5. The summed E-state index contributed by atoms with van der Waals surface area (Å²) in [5, 5.41) is 0.729. The van der Waals surface area contributed by atoms with E-state index in [0.29, 0.717) is 12.1 Å². The van der Waals surface area contributed by atoms with Gasteiger partial charge in [0.05, 0.1) is 43.6 Å². The number of carbonyl (C=O) groups is 1. The number of fused-ring (bicyclic) bond motifs is 1. The third-order valence-electron chi connectivity index (χ3n) is 5.21. The highest BCUT2D eigenvalue weighted by Crippen LogP contribution is 2.31. The van der Waals surface area contributed by atoms with Crippen molar-refractivity contribution in [2.24, 2.45) is 0 Å². The number of anilines is 1. The number of morpholine rings is 1. The average molecular weight is 413 g/mol. The number of aromatic nitrogens is 1. The Balaban J connectivity index is 1.64. The lowest BCUT2D eigenvalue weighted by Gasteiger charge is -2.27. The van der Waals surface area contributed by atoms with Gasteiger partial charge in [-0.3, -0.25) is 9.69 Å². The number of hydrogen-bond donors (Lipinski definition) is 1. The Morgan fingerprint density at radius 3 is 2.83 bits per heavy atom. The Morgan fingerprint density at radius 1 is 1.24 bits per heavy atom. The number of quaternary nitrogens is 1. The van der Waals surface area contributed by atoms with E-state index in [9.17, 15) is 4.79 Å². The summed E-state index contributed by atoms with van der Waals surface area (Å²) in [6.07, 6.45) is 0. The molecular weight excluding hydrogens is 386 g/mol. The number of thiazole rings is 1. The van der Waals surface area contributed by atoms with Crippen LogP contribution in [-0.2, 0) is 4.74 Å². The summed E-state index contributed by atoms with van der Waals surface area (Å²) in [4.78, 5) is 21.5. The molecule has 0 unspecified atom stereocenters. The van der Waals surface area contributed by atoms with Crippen molar-refractivity contribution in [3.8, 4) is 5.75 Å². The standard InChI is InChI=1S/C22H25N3O3S/c1-16-4-3-5-17(14-16)21(26)25(9-8-24-10-12-28-13-11-24)22-23-19-15-18(27-2)6-7-20(19)29-22/h3-7,14-15H,8-13H2,1-2H3/p+1. The topological polar surface area (TPSA) is 56.1 Å². The molecule has 1 amide bonds. The zero-order chi connectivity index (χ0) is 20.2. The van der Waals surface area contributed by atoms with Gasteiger partial charge in [0.2, 0.25) is 0 Å². The maximum absolute atomic E-state index is 13.4. The molecule has 1 aliphatic heterocycles. The highest BCUT2D eigenvalue weighted by atomic mass is 32.1. The van der Waals surface area contributed by atoms with Crippen molar-refractivity contribution in [2.45, 2.75) is 6.92 Å². The van der Waals surface area contributed by atoms with Crippen molar-refractivity contribution in [1.29, 1.82) is 0 Å². The minimum Gasteiger partial charge on any atom is -0.497 e. The van der Waals surface area contributed by atoms with Crippen LogP contribution in [0.25, 0.3) is 10.2 Å². The van der Waals surface area contributed by atoms with Gasteiger partial charge in [-0.05, 0) is 31.2 Å². The summed E-state index contributed by atoms with van der Waals surface area (Å²) in [6.45, 7) is 7.01. The lowest BCUT2D eigenvalue weighted by molar-refractivity contribution is -0.906. The van der Waals surface area contributed by atoms with E-state index >= 15 is 0 Å². The largest absolute Gasteiger partial charge is 0.497 e. The first-order chi connectivity index (χ1) is 14.1. The Kier molecular flexibility index (Phi) is 6.08. The number of benzene rings is 2. The fraction of sp³-hybridized carbons (Fsp3) is 0.364. The summed E-state index contributed by atoms with van der Waals surface area (Å²) < 4.78 is 11.8. The number of ether oxygens (including phenoxy) is 2. The molecule has 4 rings (SSSR count). The number of nitrogens with one attached hydrogen (secondary N) is 1. The molecule has 0 atom stereocenters. The van der Waals surface area contributed by atoms with E-state index in [1.807, 2.05) is 54.3 Å². The summed E-state index contributed by atoms with van der Waals surface area (Å²) in [6, 6.07) is 13.6. The molecule has 0 bridgehead atoms. The van der Waals surface area contributed by atoms with E-state index in [-0.39, 0.29) is 5.91 Å². The van der Waals surface area contributed by atoms with Gasteiger partial charge in [-0.2, -0.15) is 0 Å². The molecule has 1 fully saturated rings. The fourth-order valence-electron chi connectivity index (χ4n) is 3.54. The van der Waals surface area contributed by atoms with Crippen LogP contribution in [0.5, 0.6) is 5.75 Å². The second kappa shape index (κ2) is 8.90. The predicted octanol–water partition coefficient (Wildman–Crippen LogP) is 2.18. The SMILES string of the molecule is COc1ccc2sc(N(CC[NH+]3CCOCC3)C(=O)c3cccc(C)c3)nc2c1. The number of rotatable bonds is 6. The van der Waals surface area contributed by atoms with Crippen LogP contribution in [0, 0.1) is 6.92 Å². The van der Waals surface area contributed by atoms with Crippen LogP contribution < -0.4 is 14.5 Å². The number of methoxy groups -OCH3 is 1. The van der Waals surface area contributed by atoms with Crippen molar-refractivity contribution in [1.82, 2.24) is 4.98 Å². The van der Waals surface area contributed by atoms with Gasteiger partial charge in [0.1, 0.15) is 18.8 Å². The van der Waals surface area contributed by atoms with Gasteiger partial charge in [0.15, 0.2) is 5.13 Å². The Hall–Kier alpha value is -2.48. The molecule has 3 aromatic rings. The van der Waals surface area contributed by atoms with Crippen LogP contribution in [0.15, 0.2) is 42.5 Å². The molecule has 2 aromatic carbocycles. The van der Waals surface area contributed by atoms with Gasteiger partial charge >= 0.3 is 0 Å². The molecule has 6 nitrogen and oxygen atoms in total. The molecule has 7 heteroatoms. The van der Waals surface area contributed by atoms with Gasteiger partial charge < -0.3 is 14.4 Å². The first-order valence-electron chi connectivity index (χ1n) is 9.88. The smallest absolute Gasteiger partial charge is 0.260 e. The van der Waals surface area contributed by atoms with E-state index in [1.165, 1.54) is 4.90 Å². The van der Waals surface area contributed by atoms with Crippen LogP contribution in [0.1, 0.15) is 15.9 Å². The molecular formula is C22H26N3O3S+. The average Bonchev–Trinajstić information content (AvgIpc) is 3.17. The van der Waals surface area contributed by atoms with Crippen molar-refractivity contribution in [3.63, 3.8) is 0 Å². The van der Waals surface area contributed by atoms with Gasteiger partial charge in [0.25, 0.3) is 5.91 Å². The van der Waals surface area contributed by atoms with Crippen LogP contribution in [-0.4, -0.2) is 57.4 Å². The second-order valence-corrected chi connectivity index (χ2v) is 8.28. The first-order valence-corrected chi connectivity index (χ1v) is 10.7. The molecule has 0 aliphatic carbocycles. The van der Waals surface area contributed by atoms with Crippen molar-refractivity contribution >= 4 is 32.6 Å². The fourth-order valence-corrected chi connectivity index (χ4v) is 4.51. The second-order valence-electron chi connectivity index (χ2n) is 7.27.